The maximum atomic E-state index is 13.0. The Morgan fingerprint density at radius 1 is 1.08 bits per heavy atom. The summed E-state index contributed by atoms with van der Waals surface area (Å²) in [5.74, 6) is 1.14. The number of hydrogen-bond acceptors (Lipinski definition) is 6. The molecule has 0 unspecified atom stereocenters. The molecule has 0 spiro atoms. The molecule has 2 N–H and O–H groups in total. The molecule has 0 amide bonds. The highest BCUT2D eigenvalue weighted by Gasteiger charge is 2.31. The van der Waals surface area contributed by atoms with E-state index in [0.717, 1.165) is 74.2 Å². The molecule has 48 heavy (non-hydrogen) atoms. The van der Waals surface area contributed by atoms with Crippen LogP contribution in [0.4, 0.5) is 13.2 Å². The molecule has 0 bridgehead atoms. The first kappa shape index (κ1) is 45.2. The lowest BCUT2D eigenvalue weighted by atomic mass is 10.0. The Labute approximate surface area is 294 Å². The fourth-order valence-corrected chi connectivity index (χ4v) is 6.50. The van der Waals surface area contributed by atoms with Gasteiger partial charge in [0, 0.05) is 54.8 Å². The zero-order valence-electron chi connectivity index (χ0n) is 31.4. The van der Waals surface area contributed by atoms with E-state index in [1.165, 1.54) is 29.0 Å². The number of nitrogens with zero attached hydrogens (tertiary/aromatic N) is 3. The van der Waals surface area contributed by atoms with Crippen molar-refractivity contribution < 1.29 is 18.0 Å². The highest BCUT2D eigenvalue weighted by Crippen LogP contribution is 2.32. The molecule has 0 radical (unpaired) electrons. The standard InChI is InChI=1S/C16H22F3N.C16H21N3OS.C3H8.2C2H6/c1-3-4-13-7-14(9-15(8-13)16(17,18)19)11-20-6-5-12(2)10-20;1-4-13(7-18-12(3)17)8-19-6-5-14-15(11(2)20)10-21-16(14)9-19;1-3-2;2*1-2/h7-9,12H,3-6,10-11H2,1-2H3;4,7,10H,3,5-6,8-9,17H2,1-2H3;3H2,1-2H3;2*1-2H3/b;13-4+,18-7-;;;/t12-;;;;/m1..../s1. The van der Waals surface area contributed by atoms with Crippen LogP contribution in [0.3, 0.4) is 0 Å². The SMILES string of the molecule is C=C(N)/N=C\C(=C/C)CN1CCc2c(C(C)=O)csc2C1.CC.CC.CCC.CCCc1cc(CN2CC[C@@H](C)C2)cc(C(F)(F)F)c1. The number of benzene rings is 1. The first-order chi connectivity index (χ1) is 22.8. The second-order valence-electron chi connectivity index (χ2n) is 11.8. The second kappa shape index (κ2) is 24.4. The normalized spacial score (nSPS) is 16.3. The smallest absolute Gasteiger partial charge is 0.384 e. The van der Waals surface area contributed by atoms with Gasteiger partial charge in [-0.25, -0.2) is 4.99 Å². The van der Waals surface area contributed by atoms with Crippen molar-refractivity contribution in [1.82, 2.24) is 9.80 Å². The van der Waals surface area contributed by atoms with Gasteiger partial charge in [-0.15, -0.1) is 11.3 Å². The van der Waals surface area contributed by atoms with Crippen LogP contribution in [0.25, 0.3) is 0 Å². The number of hydrogen-bond donors (Lipinski definition) is 1. The first-order valence-corrected chi connectivity index (χ1v) is 18.6. The molecule has 1 saturated heterocycles. The molecule has 1 fully saturated rings. The van der Waals surface area contributed by atoms with Crippen molar-refractivity contribution in [2.24, 2.45) is 16.6 Å². The van der Waals surface area contributed by atoms with Gasteiger partial charge in [0.2, 0.25) is 0 Å². The van der Waals surface area contributed by atoms with E-state index >= 15 is 0 Å². The van der Waals surface area contributed by atoms with Crippen molar-refractivity contribution in [3.05, 3.63) is 80.3 Å². The molecule has 1 aromatic heterocycles. The fourth-order valence-electron chi connectivity index (χ4n) is 5.32. The van der Waals surface area contributed by atoms with Gasteiger partial charge in [0.1, 0.15) is 5.82 Å². The van der Waals surface area contributed by atoms with E-state index in [2.05, 4.69) is 42.1 Å². The number of thiophene rings is 1. The number of halogens is 3. The third-order valence-electron chi connectivity index (χ3n) is 7.41. The number of aliphatic imine (C=N–C) groups is 1. The van der Waals surface area contributed by atoms with Crippen LogP contribution in [-0.2, 0) is 32.1 Å². The van der Waals surface area contributed by atoms with E-state index in [0.29, 0.717) is 24.7 Å². The largest absolute Gasteiger partial charge is 0.416 e. The summed E-state index contributed by atoms with van der Waals surface area (Å²) in [5.41, 5.74) is 9.80. The van der Waals surface area contributed by atoms with Gasteiger partial charge < -0.3 is 5.73 Å². The molecule has 4 rings (SSSR count). The van der Waals surface area contributed by atoms with Crippen molar-refractivity contribution in [3.8, 4) is 0 Å². The quantitative estimate of drug-likeness (QED) is 0.210. The molecule has 0 saturated carbocycles. The van der Waals surface area contributed by atoms with E-state index < -0.39 is 11.7 Å². The minimum Gasteiger partial charge on any atom is -0.384 e. The van der Waals surface area contributed by atoms with Crippen LogP contribution in [0.1, 0.15) is 126 Å². The predicted octanol–water partition coefficient (Wildman–Crippen LogP) is 10.7. The zero-order chi connectivity index (χ0) is 36.9. The van der Waals surface area contributed by atoms with Crippen molar-refractivity contribution in [2.45, 2.75) is 121 Å². The van der Waals surface area contributed by atoms with E-state index in [9.17, 15) is 18.0 Å². The zero-order valence-corrected chi connectivity index (χ0v) is 32.2. The number of likely N-dealkylation sites (tertiary alicyclic amines) is 1. The van der Waals surface area contributed by atoms with Crippen molar-refractivity contribution >= 4 is 23.3 Å². The van der Waals surface area contributed by atoms with Crippen LogP contribution in [0.2, 0.25) is 0 Å². The van der Waals surface area contributed by atoms with Gasteiger partial charge in [0.25, 0.3) is 0 Å². The van der Waals surface area contributed by atoms with Gasteiger partial charge in [-0.3, -0.25) is 14.6 Å². The van der Waals surface area contributed by atoms with Crippen LogP contribution < -0.4 is 5.73 Å². The topological polar surface area (TPSA) is 61.9 Å². The van der Waals surface area contributed by atoms with Gasteiger partial charge in [-0.1, -0.05) is 87.0 Å². The minimum absolute atomic E-state index is 0.170. The number of ketones is 1. The van der Waals surface area contributed by atoms with Crippen LogP contribution in [-0.4, -0.2) is 48.0 Å². The van der Waals surface area contributed by atoms with E-state index in [4.69, 9.17) is 5.73 Å². The Hall–Kier alpha value is -2.75. The summed E-state index contributed by atoms with van der Waals surface area (Å²) in [6.07, 6.45) is 4.45. The Morgan fingerprint density at radius 3 is 2.21 bits per heavy atom. The van der Waals surface area contributed by atoms with Crippen molar-refractivity contribution in [1.29, 1.82) is 0 Å². The summed E-state index contributed by atoms with van der Waals surface area (Å²) >= 11 is 1.69. The third kappa shape index (κ3) is 16.6. The van der Waals surface area contributed by atoms with Gasteiger partial charge >= 0.3 is 6.18 Å². The summed E-state index contributed by atoms with van der Waals surface area (Å²) in [6.45, 7) is 28.9. The van der Waals surface area contributed by atoms with Crippen LogP contribution in [0.5, 0.6) is 0 Å². The maximum absolute atomic E-state index is 13.0. The average Bonchev–Trinajstić information content (AvgIpc) is 3.67. The van der Waals surface area contributed by atoms with Crippen LogP contribution in [0.15, 0.2) is 52.6 Å². The number of carbonyl (C=O) groups excluding carboxylic acids is 1. The van der Waals surface area contributed by atoms with E-state index in [-0.39, 0.29) is 5.78 Å². The molecule has 2 aliphatic rings. The highest BCUT2D eigenvalue weighted by atomic mass is 32.1. The molecule has 5 nitrogen and oxygen atoms in total. The lowest BCUT2D eigenvalue weighted by molar-refractivity contribution is -0.137. The van der Waals surface area contributed by atoms with Gasteiger partial charge in [-0.05, 0) is 80.0 Å². The molecule has 1 atom stereocenters. The number of Topliss-reactive ketones (excluding diaryl/α,β-unsaturated/α-hetero) is 1. The van der Waals surface area contributed by atoms with Crippen LogP contribution in [0, 0.1) is 5.92 Å². The number of allylic oxidation sites excluding steroid dienone is 1. The summed E-state index contributed by atoms with van der Waals surface area (Å²) in [6, 6.07) is 4.53. The fraction of sp³-hybridized carbons (Fsp3) is 0.590. The molecule has 272 valence electrons. The Bertz CT molecular complexity index is 1280. The van der Waals surface area contributed by atoms with Gasteiger partial charge in [-0.2, -0.15) is 13.2 Å². The summed E-state index contributed by atoms with van der Waals surface area (Å²) in [4.78, 5) is 21.6. The first-order valence-electron chi connectivity index (χ1n) is 17.7. The maximum Gasteiger partial charge on any atom is 0.416 e. The molecule has 2 aromatic rings. The van der Waals surface area contributed by atoms with Crippen molar-refractivity contribution in [3.63, 3.8) is 0 Å². The number of fused-ring (bicyclic) bond motifs is 1. The molecule has 3 heterocycles. The van der Waals surface area contributed by atoms with Crippen LogP contribution >= 0.6 is 11.3 Å². The van der Waals surface area contributed by atoms with E-state index in [1.807, 2.05) is 59.1 Å². The number of alkyl halides is 3. The minimum atomic E-state index is -4.25. The van der Waals surface area contributed by atoms with E-state index in [1.54, 1.807) is 24.5 Å². The predicted molar refractivity (Wildman–Crippen MR) is 202 cm³/mol. The number of rotatable bonds is 9. The Balaban J connectivity index is 0.000000777. The lowest BCUT2D eigenvalue weighted by Crippen LogP contribution is -2.32. The molecule has 2 aliphatic heterocycles. The molecule has 1 aromatic carbocycles. The van der Waals surface area contributed by atoms with Gasteiger partial charge in [0.15, 0.2) is 5.78 Å². The highest BCUT2D eigenvalue weighted by molar-refractivity contribution is 7.10. The number of nitrogens with two attached hydrogens (primary N) is 1. The molecule has 0 aliphatic carbocycles. The Morgan fingerprint density at radius 2 is 1.71 bits per heavy atom. The van der Waals surface area contributed by atoms with Gasteiger partial charge in [0.05, 0.1) is 5.56 Å². The number of carbonyl (C=O) groups is 1. The number of aryl methyl sites for hydroxylation is 1. The molecular formula is C39H63F3N4OS. The van der Waals surface area contributed by atoms with Crippen molar-refractivity contribution in [2.75, 3.05) is 26.2 Å². The molecule has 9 heteroatoms. The summed E-state index contributed by atoms with van der Waals surface area (Å²) in [5, 5.41) is 1.99. The summed E-state index contributed by atoms with van der Waals surface area (Å²) in [7, 11) is 0. The monoisotopic (exact) mass is 692 g/mol. The second-order valence-corrected chi connectivity index (χ2v) is 12.8. The lowest BCUT2D eigenvalue weighted by Gasteiger charge is -2.27. The Kier molecular flexibility index (Phi) is 23.0. The molecular weight excluding hydrogens is 630 g/mol. The third-order valence-corrected chi connectivity index (χ3v) is 8.42. The average molecular weight is 693 g/mol. The summed E-state index contributed by atoms with van der Waals surface area (Å²) < 4.78 is 38.9.